The lowest BCUT2D eigenvalue weighted by Crippen LogP contribution is -2.36. The van der Waals surface area contributed by atoms with E-state index in [1.165, 1.54) is 24.1 Å². The minimum Gasteiger partial charge on any atom is -0.480 e. The van der Waals surface area contributed by atoms with Crippen molar-refractivity contribution >= 4 is 11.9 Å². The van der Waals surface area contributed by atoms with Crippen molar-refractivity contribution in [3.05, 3.63) is 65.0 Å². The van der Waals surface area contributed by atoms with Gasteiger partial charge in [-0.2, -0.15) is 0 Å². The molecule has 4 rings (SSSR count). The van der Waals surface area contributed by atoms with Gasteiger partial charge >= 0.3 is 5.97 Å². The van der Waals surface area contributed by atoms with Crippen LogP contribution >= 0.6 is 0 Å². The van der Waals surface area contributed by atoms with Gasteiger partial charge in [0, 0.05) is 31.0 Å². The molecule has 1 unspecified atom stereocenters. The van der Waals surface area contributed by atoms with Crippen LogP contribution in [0.15, 0.2) is 42.5 Å². The third-order valence-electron chi connectivity index (χ3n) is 6.45. The van der Waals surface area contributed by atoms with Crippen molar-refractivity contribution in [3.63, 3.8) is 0 Å². The number of rotatable bonds is 8. The van der Waals surface area contributed by atoms with E-state index >= 15 is 0 Å². The first-order valence-corrected chi connectivity index (χ1v) is 11.4. The van der Waals surface area contributed by atoms with Crippen molar-refractivity contribution in [2.75, 3.05) is 19.6 Å². The molecule has 0 saturated carbocycles. The summed E-state index contributed by atoms with van der Waals surface area (Å²) in [7, 11) is 0. The van der Waals surface area contributed by atoms with Gasteiger partial charge in [0.2, 0.25) is 5.91 Å². The van der Waals surface area contributed by atoms with Gasteiger partial charge in [0.25, 0.3) is 0 Å². The molecule has 6 nitrogen and oxygen atoms in total. The van der Waals surface area contributed by atoms with E-state index in [4.69, 9.17) is 4.98 Å². The minimum absolute atomic E-state index is 0.0260. The maximum absolute atomic E-state index is 12.6. The maximum Gasteiger partial charge on any atom is 0.325 e. The summed E-state index contributed by atoms with van der Waals surface area (Å²) in [6.45, 7) is 1.71. The number of aliphatic carboxylic acids is 1. The zero-order valence-corrected chi connectivity index (χ0v) is 17.9. The molecule has 1 aromatic heterocycles. The fraction of sp³-hybridized carbons (Fsp3) is 0.480. The van der Waals surface area contributed by atoms with Gasteiger partial charge in [0.1, 0.15) is 6.04 Å². The molecule has 1 aliphatic carbocycles. The number of carboxylic acid groups (broad SMARTS) is 1. The predicted octanol–water partition coefficient (Wildman–Crippen LogP) is 3.16. The second kappa shape index (κ2) is 10.1. The van der Waals surface area contributed by atoms with Crippen molar-refractivity contribution in [1.82, 2.24) is 15.2 Å². The lowest BCUT2D eigenvalue weighted by atomic mass is 9.95. The van der Waals surface area contributed by atoms with E-state index in [1.807, 2.05) is 35.2 Å². The Bertz CT molecular complexity index is 915. The molecule has 2 aliphatic rings. The Kier molecular flexibility index (Phi) is 6.97. The SMILES string of the molecule is O=C(O)C(c1ccccc1)N1CC[C@H](C(=O)NCCCc2ccc3c(n2)CCCC3)C1. The number of hydrogen-bond acceptors (Lipinski definition) is 4. The zero-order chi connectivity index (χ0) is 21.6. The molecule has 2 aromatic rings. The number of pyridine rings is 1. The normalized spacial score (nSPS) is 19.5. The summed E-state index contributed by atoms with van der Waals surface area (Å²) in [5.41, 5.74) is 4.51. The highest BCUT2D eigenvalue weighted by molar-refractivity contribution is 5.80. The number of nitrogens with zero attached hydrogens (tertiary/aromatic N) is 2. The van der Waals surface area contributed by atoms with Gasteiger partial charge in [-0.3, -0.25) is 19.5 Å². The number of benzene rings is 1. The summed E-state index contributed by atoms with van der Waals surface area (Å²) in [6.07, 6.45) is 7.12. The molecule has 0 bridgehead atoms. The molecule has 0 radical (unpaired) electrons. The molecule has 1 amide bonds. The van der Waals surface area contributed by atoms with E-state index in [-0.39, 0.29) is 11.8 Å². The predicted molar refractivity (Wildman–Crippen MR) is 119 cm³/mol. The van der Waals surface area contributed by atoms with Crippen molar-refractivity contribution < 1.29 is 14.7 Å². The Hall–Kier alpha value is -2.73. The number of aromatic nitrogens is 1. The van der Waals surface area contributed by atoms with E-state index in [2.05, 4.69) is 17.4 Å². The van der Waals surface area contributed by atoms with Crippen LogP contribution in [0.3, 0.4) is 0 Å². The summed E-state index contributed by atoms with van der Waals surface area (Å²) in [4.78, 5) is 31.2. The number of nitrogens with one attached hydrogen (secondary N) is 1. The first-order chi connectivity index (χ1) is 15.1. The number of hydrogen-bond donors (Lipinski definition) is 2. The Labute approximate surface area is 183 Å². The second-order valence-corrected chi connectivity index (χ2v) is 8.64. The second-order valence-electron chi connectivity index (χ2n) is 8.64. The summed E-state index contributed by atoms with van der Waals surface area (Å²) < 4.78 is 0. The molecule has 1 aliphatic heterocycles. The fourth-order valence-electron chi connectivity index (χ4n) is 4.77. The Morgan fingerprint density at radius 3 is 2.74 bits per heavy atom. The van der Waals surface area contributed by atoms with Crippen LogP contribution in [0.2, 0.25) is 0 Å². The molecule has 0 spiro atoms. The standard InChI is InChI=1S/C25H31N3O3/c29-24(26-15-6-10-21-13-12-18-7-4-5-11-22(18)27-21)20-14-16-28(17-20)23(25(30)31)19-8-2-1-3-9-19/h1-3,8-9,12-13,20,23H,4-7,10-11,14-17H2,(H,26,29)(H,30,31)/t20-,23?/m0/s1. The quantitative estimate of drug-likeness (QED) is 0.640. The van der Waals surface area contributed by atoms with Gasteiger partial charge in [-0.05, 0) is 62.1 Å². The van der Waals surface area contributed by atoms with Crippen LogP contribution in [0.1, 0.15) is 54.2 Å². The Morgan fingerprint density at radius 1 is 1.13 bits per heavy atom. The van der Waals surface area contributed by atoms with E-state index in [1.54, 1.807) is 0 Å². The Morgan fingerprint density at radius 2 is 1.94 bits per heavy atom. The highest BCUT2D eigenvalue weighted by Gasteiger charge is 2.36. The number of likely N-dealkylation sites (tertiary alicyclic amines) is 1. The van der Waals surface area contributed by atoms with Gasteiger partial charge in [-0.15, -0.1) is 0 Å². The van der Waals surface area contributed by atoms with Crippen molar-refractivity contribution in [2.45, 2.75) is 51.0 Å². The molecule has 6 heteroatoms. The molecule has 164 valence electrons. The van der Waals surface area contributed by atoms with Crippen LogP contribution in [0.25, 0.3) is 0 Å². The van der Waals surface area contributed by atoms with Crippen LogP contribution in [-0.4, -0.2) is 46.5 Å². The molecule has 1 fully saturated rings. The van der Waals surface area contributed by atoms with Gasteiger partial charge < -0.3 is 10.4 Å². The largest absolute Gasteiger partial charge is 0.480 e. The van der Waals surface area contributed by atoms with Crippen LogP contribution in [0.5, 0.6) is 0 Å². The molecule has 2 heterocycles. The molecule has 31 heavy (non-hydrogen) atoms. The van der Waals surface area contributed by atoms with Crippen LogP contribution < -0.4 is 5.32 Å². The highest BCUT2D eigenvalue weighted by atomic mass is 16.4. The monoisotopic (exact) mass is 421 g/mol. The van der Waals surface area contributed by atoms with Crippen LogP contribution in [0, 0.1) is 5.92 Å². The number of fused-ring (bicyclic) bond motifs is 1. The number of amides is 1. The molecular weight excluding hydrogens is 390 g/mol. The topological polar surface area (TPSA) is 82.5 Å². The highest BCUT2D eigenvalue weighted by Crippen LogP contribution is 2.28. The summed E-state index contributed by atoms with van der Waals surface area (Å²) >= 11 is 0. The van der Waals surface area contributed by atoms with Gasteiger partial charge in [-0.1, -0.05) is 36.4 Å². The van der Waals surface area contributed by atoms with Crippen molar-refractivity contribution in [1.29, 1.82) is 0 Å². The maximum atomic E-state index is 12.6. The molecule has 1 aromatic carbocycles. The smallest absolute Gasteiger partial charge is 0.325 e. The third-order valence-corrected chi connectivity index (χ3v) is 6.45. The van der Waals surface area contributed by atoms with Crippen molar-refractivity contribution in [3.8, 4) is 0 Å². The number of aryl methyl sites for hydroxylation is 3. The average molecular weight is 422 g/mol. The average Bonchev–Trinajstić information content (AvgIpc) is 3.27. The molecule has 1 saturated heterocycles. The number of carboxylic acids is 1. The Balaban J connectivity index is 1.24. The summed E-state index contributed by atoms with van der Waals surface area (Å²) in [6, 6.07) is 12.9. The van der Waals surface area contributed by atoms with E-state index in [9.17, 15) is 14.7 Å². The van der Waals surface area contributed by atoms with Gasteiger partial charge in [0.05, 0.1) is 5.92 Å². The van der Waals surface area contributed by atoms with Crippen molar-refractivity contribution in [2.24, 2.45) is 5.92 Å². The first kappa shape index (κ1) is 21.5. The number of carbonyl (C=O) groups is 2. The van der Waals surface area contributed by atoms with Gasteiger partial charge in [-0.25, -0.2) is 0 Å². The molecular formula is C25H31N3O3. The molecule has 2 N–H and O–H groups in total. The van der Waals surface area contributed by atoms with E-state index in [0.717, 1.165) is 36.9 Å². The van der Waals surface area contributed by atoms with Crippen LogP contribution in [0.4, 0.5) is 0 Å². The third kappa shape index (κ3) is 5.31. The van der Waals surface area contributed by atoms with Gasteiger partial charge in [0.15, 0.2) is 0 Å². The molecule has 2 atom stereocenters. The minimum atomic E-state index is -0.871. The number of carbonyl (C=O) groups excluding carboxylic acids is 1. The lowest BCUT2D eigenvalue weighted by Gasteiger charge is -2.24. The first-order valence-electron chi connectivity index (χ1n) is 11.4. The fourth-order valence-corrected chi connectivity index (χ4v) is 4.77. The zero-order valence-electron chi connectivity index (χ0n) is 17.9. The van der Waals surface area contributed by atoms with Crippen LogP contribution in [-0.2, 0) is 28.9 Å². The summed E-state index contributed by atoms with van der Waals surface area (Å²) in [5.74, 6) is -1.00. The lowest BCUT2D eigenvalue weighted by molar-refractivity contribution is -0.143. The van der Waals surface area contributed by atoms with E-state index < -0.39 is 12.0 Å². The summed E-state index contributed by atoms with van der Waals surface area (Å²) in [5, 5.41) is 12.8. The van der Waals surface area contributed by atoms with E-state index in [0.29, 0.717) is 26.1 Å².